The molecule has 0 unspecified atom stereocenters. The minimum atomic E-state index is 0. The van der Waals surface area contributed by atoms with Gasteiger partial charge in [-0.05, 0) is 74.0 Å². The predicted molar refractivity (Wildman–Crippen MR) is 140 cm³/mol. The molecular formula is C29H32ClNO3. The number of furan rings is 1. The van der Waals surface area contributed by atoms with Crippen LogP contribution in [0.25, 0.3) is 22.3 Å². The van der Waals surface area contributed by atoms with E-state index in [-0.39, 0.29) is 12.4 Å². The van der Waals surface area contributed by atoms with Crippen molar-refractivity contribution in [1.29, 1.82) is 0 Å². The molecule has 0 atom stereocenters. The molecule has 3 aromatic carbocycles. The SMILES string of the molecule is COc1ccc(-c2oc3ccccc3c2Cc2ccc(OCCN3CCCCC3)cc2)cc1.Cl. The maximum atomic E-state index is 6.30. The molecule has 5 rings (SSSR count). The molecule has 1 aromatic heterocycles. The summed E-state index contributed by atoms with van der Waals surface area (Å²) in [6.07, 6.45) is 4.79. The number of fused-ring (bicyclic) bond motifs is 1. The normalized spacial score (nSPS) is 14.0. The molecular weight excluding hydrogens is 446 g/mol. The number of ether oxygens (including phenoxy) is 2. The van der Waals surface area contributed by atoms with E-state index in [2.05, 4.69) is 53.4 Å². The van der Waals surface area contributed by atoms with E-state index in [1.54, 1.807) is 7.11 Å². The quantitative estimate of drug-likeness (QED) is 0.274. The van der Waals surface area contributed by atoms with Gasteiger partial charge in [0, 0.05) is 29.5 Å². The highest BCUT2D eigenvalue weighted by Crippen LogP contribution is 2.36. The summed E-state index contributed by atoms with van der Waals surface area (Å²) in [6, 6.07) is 24.8. The molecule has 5 heteroatoms. The Morgan fingerprint density at radius 2 is 1.53 bits per heavy atom. The lowest BCUT2D eigenvalue weighted by Crippen LogP contribution is -2.33. The van der Waals surface area contributed by atoms with Crippen LogP contribution < -0.4 is 9.47 Å². The third kappa shape index (κ3) is 5.57. The Labute approximate surface area is 207 Å². The topological polar surface area (TPSA) is 34.8 Å². The number of hydrogen-bond acceptors (Lipinski definition) is 4. The number of hydrogen-bond donors (Lipinski definition) is 0. The number of para-hydroxylation sites is 1. The zero-order valence-electron chi connectivity index (χ0n) is 19.7. The van der Waals surface area contributed by atoms with Gasteiger partial charge in [0.1, 0.15) is 29.4 Å². The molecule has 1 saturated heterocycles. The number of methoxy groups -OCH3 is 1. The van der Waals surface area contributed by atoms with Crippen molar-refractivity contribution in [3.8, 4) is 22.8 Å². The number of nitrogens with zero attached hydrogens (tertiary/aromatic N) is 1. The van der Waals surface area contributed by atoms with E-state index >= 15 is 0 Å². The second kappa shape index (κ2) is 11.5. The standard InChI is InChI=1S/C29H31NO3.ClH/c1-31-24-15-11-23(12-16-24)29-27(26-7-3-4-8-28(26)33-29)21-22-9-13-25(14-10-22)32-20-19-30-17-5-2-6-18-30;/h3-4,7-16H,2,5-6,17-21H2,1H3;1H. The Morgan fingerprint density at radius 1 is 0.824 bits per heavy atom. The van der Waals surface area contributed by atoms with Gasteiger partial charge in [0.15, 0.2) is 0 Å². The summed E-state index contributed by atoms with van der Waals surface area (Å²) in [5, 5.41) is 1.16. The van der Waals surface area contributed by atoms with Gasteiger partial charge in [0.05, 0.1) is 7.11 Å². The lowest BCUT2D eigenvalue weighted by Gasteiger charge is -2.26. The van der Waals surface area contributed by atoms with Crippen molar-refractivity contribution >= 4 is 23.4 Å². The monoisotopic (exact) mass is 477 g/mol. The highest BCUT2D eigenvalue weighted by atomic mass is 35.5. The molecule has 1 aliphatic heterocycles. The molecule has 0 bridgehead atoms. The van der Waals surface area contributed by atoms with Crippen LogP contribution in [0.5, 0.6) is 11.5 Å². The zero-order chi connectivity index (χ0) is 22.5. The first kappa shape index (κ1) is 24.2. The molecule has 178 valence electrons. The van der Waals surface area contributed by atoms with Gasteiger partial charge < -0.3 is 13.9 Å². The summed E-state index contributed by atoms with van der Waals surface area (Å²) in [5.74, 6) is 2.69. The van der Waals surface area contributed by atoms with Crippen molar-refractivity contribution in [1.82, 2.24) is 4.90 Å². The fourth-order valence-corrected chi connectivity index (χ4v) is 4.63. The average molecular weight is 478 g/mol. The van der Waals surface area contributed by atoms with Crippen LogP contribution in [0, 0.1) is 0 Å². The minimum absolute atomic E-state index is 0. The molecule has 1 aliphatic rings. The van der Waals surface area contributed by atoms with Gasteiger partial charge in [0.25, 0.3) is 0 Å². The van der Waals surface area contributed by atoms with Crippen LogP contribution in [0.1, 0.15) is 30.4 Å². The molecule has 0 aliphatic carbocycles. The van der Waals surface area contributed by atoms with Crippen LogP contribution in [-0.4, -0.2) is 38.3 Å². The molecule has 2 heterocycles. The second-order valence-corrected chi connectivity index (χ2v) is 8.71. The summed E-state index contributed by atoms with van der Waals surface area (Å²) in [6.45, 7) is 4.16. The van der Waals surface area contributed by atoms with Gasteiger partial charge in [-0.3, -0.25) is 4.90 Å². The highest BCUT2D eigenvalue weighted by Gasteiger charge is 2.16. The summed E-state index contributed by atoms with van der Waals surface area (Å²) >= 11 is 0. The van der Waals surface area contributed by atoms with E-state index in [4.69, 9.17) is 13.9 Å². The van der Waals surface area contributed by atoms with Gasteiger partial charge in [-0.15, -0.1) is 12.4 Å². The fourth-order valence-electron chi connectivity index (χ4n) is 4.63. The zero-order valence-corrected chi connectivity index (χ0v) is 20.5. The van der Waals surface area contributed by atoms with Crippen molar-refractivity contribution in [2.45, 2.75) is 25.7 Å². The van der Waals surface area contributed by atoms with Gasteiger partial charge in [-0.2, -0.15) is 0 Å². The van der Waals surface area contributed by atoms with Gasteiger partial charge in [-0.1, -0.05) is 36.8 Å². The van der Waals surface area contributed by atoms with Gasteiger partial charge in [-0.25, -0.2) is 0 Å². The van der Waals surface area contributed by atoms with Crippen molar-refractivity contribution in [3.05, 3.63) is 83.9 Å². The Hall–Kier alpha value is -2.95. The molecule has 4 aromatic rings. The number of rotatable bonds is 8. The van der Waals surface area contributed by atoms with Crippen molar-refractivity contribution in [3.63, 3.8) is 0 Å². The first-order chi connectivity index (χ1) is 16.3. The van der Waals surface area contributed by atoms with Crippen LogP contribution >= 0.6 is 12.4 Å². The molecule has 4 nitrogen and oxygen atoms in total. The lowest BCUT2D eigenvalue weighted by atomic mass is 9.98. The number of halogens is 1. The van der Waals surface area contributed by atoms with Crippen LogP contribution in [0.15, 0.2) is 77.2 Å². The van der Waals surface area contributed by atoms with E-state index in [1.807, 2.05) is 24.3 Å². The summed E-state index contributed by atoms with van der Waals surface area (Å²) in [4.78, 5) is 2.50. The van der Waals surface area contributed by atoms with Crippen LogP contribution in [0.4, 0.5) is 0 Å². The van der Waals surface area contributed by atoms with Crippen LogP contribution in [0.2, 0.25) is 0 Å². The number of piperidine rings is 1. The van der Waals surface area contributed by atoms with Crippen LogP contribution in [0.3, 0.4) is 0 Å². The molecule has 1 fully saturated rings. The third-order valence-electron chi connectivity index (χ3n) is 6.48. The summed E-state index contributed by atoms with van der Waals surface area (Å²) in [5.41, 5.74) is 4.41. The Bertz CT molecular complexity index is 1180. The second-order valence-electron chi connectivity index (χ2n) is 8.71. The lowest BCUT2D eigenvalue weighted by molar-refractivity contribution is 0.183. The van der Waals surface area contributed by atoms with Crippen molar-refractivity contribution in [2.24, 2.45) is 0 Å². The van der Waals surface area contributed by atoms with E-state index in [0.717, 1.165) is 53.4 Å². The Kier molecular flexibility index (Phi) is 8.15. The van der Waals surface area contributed by atoms with Gasteiger partial charge >= 0.3 is 0 Å². The summed E-state index contributed by atoms with van der Waals surface area (Å²) < 4.78 is 17.6. The van der Waals surface area contributed by atoms with E-state index in [1.165, 1.54) is 43.5 Å². The first-order valence-electron chi connectivity index (χ1n) is 11.9. The van der Waals surface area contributed by atoms with E-state index < -0.39 is 0 Å². The average Bonchev–Trinajstić information content (AvgIpc) is 3.24. The number of likely N-dealkylation sites (tertiary alicyclic amines) is 1. The third-order valence-corrected chi connectivity index (χ3v) is 6.48. The van der Waals surface area contributed by atoms with E-state index in [0.29, 0.717) is 0 Å². The predicted octanol–water partition coefficient (Wildman–Crippen LogP) is 6.99. The molecule has 0 amide bonds. The molecule has 0 radical (unpaired) electrons. The fraction of sp³-hybridized carbons (Fsp3) is 0.310. The highest BCUT2D eigenvalue weighted by molar-refractivity contribution is 5.88. The first-order valence-corrected chi connectivity index (χ1v) is 11.9. The molecule has 34 heavy (non-hydrogen) atoms. The maximum Gasteiger partial charge on any atom is 0.138 e. The molecule has 0 N–H and O–H groups in total. The largest absolute Gasteiger partial charge is 0.497 e. The summed E-state index contributed by atoms with van der Waals surface area (Å²) in [7, 11) is 1.68. The Morgan fingerprint density at radius 3 is 2.26 bits per heavy atom. The Balaban J connectivity index is 0.00000274. The molecule has 0 spiro atoms. The van der Waals surface area contributed by atoms with Gasteiger partial charge in [0.2, 0.25) is 0 Å². The van der Waals surface area contributed by atoms with Crippen molar-refractivity contribution < 1.29 is 13.9 Å². The molecule has 0 saturated carbocycles. The smallest absolute Gasteiger partial charge is 0.138 e. The van der Waals surface area contributed by atoms with Crippen molar-refractivity contribution in [2.75, 3.05) is 33.4 Å². The maximum absolute atomic E-state index is 6.30. The van der Waals surface area contributed by atoms with E-state index in [9.17, 15) is 0 Å². The minimum Gasteiger partial charge on any atom is -0.497 e. The number of benzene rings is 3. The van der Waals surface area contributed by atoms with Crippen LogP contribution in [-0.2, 0) is 6.42 Å².